The molecule has 0 aliphatic carbocycles. The van der Waals surface area contributed by atoms with Gasteiger partial charge in [-0.2, -0.15) is 0 Å². The van der Waals surface area contributed by atoms with Crippen molar-refractivity contribution >= 4 is 59.0 Å². The lowest BCUT2D eigenvalue weighted by molar-refractivity contribution is 0.0306. The topological polar surface area (TPSA) is 66.9 Å². The largest absolute Gasteiger partial charge is 0.378 e. The van der Waals surface area contributed by atoms with Crippen LogP contribution in [0.1, 0.15) is 16.6 Å². The number of ether oxygens (including phenoxy) is 1. The Morgan fingerprint density at radius 3 is 2.50 bits per heavy atom. The van der Waals surface area contributed by atoms with Crippen molar-refractivity contribution in [3.8, 4) is 0 Å². The van der Waals surface area contributed by atoms with Crippen LogP contribution in [0, 0.1) is 0 Å². The summed E-state index contributed by atoms with van der Waals surface area (Å²) in [6.45, 7) is 4.40. The van der Waals surface area contributed by atoms with Crippen LogP contribution in [0.3, 0.4) is 0 Å². The average molecular weight is 509 g/mol. The van der Waals surface area contributed by atoms with Gasteiger partial charge in [0.15, 0.2) is 0 Å². The number of benzene rings is 2. The number of amides is 1. The van der Waals surface area contributed by atoms with Gasteiger partial charge in [-0.15, -0.1) is 11.3 Å². The molecule has 1 aliphatic rings. The lowest BCUT2D eigenvalue weighted by Crippen LogP contribution is -2.40. The molecule has 6 nitrogen and oxygen atoms in total. The Morgan fingerprint density at radius 2 is 1.83 bits per heavy atom. The summed E-state index contributed by atoms with van der Waals surface area (Å²) in [5.74, 6) is -0.00381. The van der Waals surface area contributed by atoms with Gasteiger partial charge in [-0.1, -0.05) is 15.9 Å². The first-order valence-corrected chi connectivity index (χ1v) is 12.6. The molecule has 4 rings (SSSR count). The van der Waals surface area contributed by atoms with Crippen molar-refractivity contribution in [1.82, 2.24) is 4.90 Å². The van der Waals surface area contributed by atoms with Gasteiger partial charge >= 0.3 is 0 Å². The summed E-state index contributed by atoms with van der Waals surface area (Å²) in [6.07, 6.45) is 0. The minimum absolute atomic E-state index is 0.00381. The zero-order chi connectivity index (χ0) is 21.3. The average Bonchev–Trinajstić information content (AvgIpc) is 3.18. The minimum Gasteiger partial charge on any atom is -0.378 e. The van der Waals surface area contributed by atoms with Crippen LogP contribution in [0.25, 0.3) is 10.1 Å². The Kier molecular flexibility index (Phi) is 6.15. The summed E-state index contributed by atoms with van der Waals surface area (Å²) in [4.78, 5) is 15.5. The van der Waals surface area contributed by atoms with Gasteiger partial charge in [-0.05, 0) is 60.8 Å². The minimum atomic E-state index is -3.69. The zero-order valence-electron chi connectivity index (χ0n) is 16.4. The van der Waals surface area contributed by atoms with E-state index in [0.717, 1.165) is 14.6 Å². The molecule has 0 spiro atoms. The maximum atomic E-state index is 13.2. The molecule has 1 amide bonds. The molecule has 9 heteroatoms. The van der Waals surface area contributed by atoms with E-state index in [1.807, 2.05) is 25.1 Å². The second-order valence-electron chi connectivity index (χ2n) is 6.86. The smallest absolute Gasteiger partial charge is 0.264 e. The van der Waals surface area contributed by atoms with Crippen LogP contribution in [0.4, 0.5) is 5.69 Å². The number of fused-ring (bicyclic) bond motifs is 1. The molecule has 2 heterocycles. The number of carbonyl (C=O) groups excluding carboxylic acids is 1. The van der Waals surface area contributed by atoms with Gasteiger partial charge in [0.05, 0.1) is 28.7 Å². The fraction of sp³-hybridized carbons (Fsp3) is 0.286. The van der Waals surface area contributed by atoms with E-state index in [-0.39, 0.29) is 10.8 Å². The van der Waals surface area contributed by atoms with E-state index in [9.17, 15) is 13.2 Å². The second-order valence-corrected chi connectivity index (χ2v) is 10.7. The van der Waals surface area contributed by atoms with Crippen molar-refractivity contribution in [1.29, 1.82) is 0 Å². The van der Waals surface area contributed by atoms with E-state index in [1.165, 1.54) is 15.6 Å². The summed E-state index contributed by atoms with van der Waals surface area (Å²) in [5, 5.41) is 0.860. The van der Waals surface area contributed by atoms with E-state index < -0.39 is 10.0 Å². The van der Waals surface area contributed by atoms with Crippen LogP contribution in [-0.4, -0.2) is 52.1 Å². The highest BCUT2D eigenvalue weighted by Gasteiger charge is 2.25. The van der Waals surface area contributed by atoms with Gasteiger partial charge in [-0.25, -0.2) is 8.42 Å². The first-order valence-electron chi connectivity index (χ1n) is 9.59. The molecule has 158 valence electrons. The Balaban J connectivity index is 1.66. The molecule has 1 aliphatic heterocycles. The zero-order valence-corrected chi connectivity index (χ0v) is 19.6. The molecule has 1 fully saturated rings. The molecular weight excluding hydrogens is 488 g/mol. The fourth-order valence-electron chi connectivity index (χ4n) is 3.44. The number of morpholine rings is 1. The number of anilines is 1. The van der Waals surface area contributed by atoms with Gasteiger partial charge in [0.25, 0.3) is 15.9 Å². The number of carbonyl (C=O) groups is 1. The van der Waals surface area contributed by atoms with Crippen LogP contribution >= 0.6 is 27.3 Å². The van der Waals surface area contributed by atoms with Gasteiger partial charge < -0.3 is 9.64 Å². The van der Waals surface area contributed by atoms with Crippen molar-refractivity contribution < 1.29 is 17.9 Å². The number of rotatable bonds is 5. The molecule has 0 radical (unpaired) electrons. The highest BCUT2D eigenvalue weighted by Crippen LogP contribution is 2.32. The van der Waals surface area contributed by atoms with Gasteiger partial charge in [0, 0.05) is 28.8 Å². The number of sulfonamides is 1. The van der Waals surface area contributed by atoms with Crippen molar-refractivity contribution in [2.75, 3.05) is 37.2 Å². The van der Waals surface area contributed by atoms with Crippen molar-refractivity contribution in [2.24, 2.45) is 0 Å². The molecule has 2 aromatic carbocycles. The lowest BCUT2D eigenvalue weighted by Gasteiger charge is -2.26. The van der Waals surface area contributed by atoms with Crippen molar-refractivity contribution in [2.45, 2.75) is 11.8 Å². The lowest BCUT2D eigenvalue weighted by atomic mass is 10.2. The number of halogens is 1. The van der Waals surface area contributed by atoms with E-state index in [2.05, 4.69) is 15.9 Å². The first-order chi connectivity index (χ1) is 14.4. The summed E-state index contributed by atoms with van der Waals surface area (Å²) in [7, 11) is -3.69. The van der Waals surface area contributed by atoms with Gasteiger partial charge in [-0.3, -0.25) is 9.10 Å². The molecule has 0 N–H and O–H groups in total. The molecular formula is C21H21BrN2O4S2. The van der Waals surface area contributed by atoms with Crippen LogP contribution in [-0.2, 0) is 14.8 Å². The Bertz CT molecular complexity index is 1170. The SMILES string of the molecule is CCN(c1ccc2sc(C(=O)N3CCOCC3)cc2c1)S(=O)(=O)c1ccc(Br)cc1. The molecule has 3 aromatic rings. The standard InChI is InChI=1S/C21H21BrN2O4S2/c1-2-24(30(26,27)18-6-3-16(22)4-7-18)17-5-8-19-15(13-17)14-20(29-19)21(25)23-9-11-28-12-10-23/h3-8,13-14H,2,9-12H2,1H3. The number of hydrogen-bond acceptors (Lipinski definition) is 5. The molecule has 30 heavy (non-hydrogen) atoms. The summed E-state index contributed by atoms with van der Waals surface area (Å²) < 4.78 is 34.8. The fourth-order valence-corrected chi connectivity index (χ4v) is 6.18. The highest BCUT2D eigenvalue weighted by atomic mass is 79.9. The Hall–Kier alpha value is -1.94. The molecule has 0 bridgehead atoms. The normalized spacial score (nSPS) is 14.8. The van der Waals surface area contributed by atoms with Crippen LogP contribution in [0.15, 0.2) is 57.9 Å². The number of hydrogen-bond donors (Lipinski definition) is 0. The molecule has 1 aromatic heterocycles. The molecule has 0 unspecified atom stereocenters. The van der Waals surface area contributed by atoms with E-state index in [1.54, 1.807) is 35.2 Å². The van der Waals surface area contributed by atoms with Crippen LogP contribution in [0.2, 0.25) is 0 Å². The van der Waals surface area contributed by atoms with Gasteiger partial charge in [0.2, 0.25) is 0 Å². The monoisotopic (exact) mass is 508 g/mol. The Labute approximate surface area is 188 Å². The predicted octanol–water partition coefficient (Wildman–Crippen LogP) is 4.35. The third-order valence-corrected chi connectivity index (χ3v) is 8.54. The maximum Gasteiger partial charge on any atom is 0.264 e. The molecule has 1 saturated heterocycles. The number of thiophene rings is 1. The van der Waals surface area contributed by atoms with Crippen LogP contribution < -0.4 is 4.31 Å². The van der Waals surface area contributed by atoms with Crippen molar-refractivity contribution in [3.05, 3.63) is 57.9 Å². The third-order valence-electron chi connectivity index (χ3n) is 4.99. The van der Waals surface area contributed by atoms with E-state index in [4.69, 9.17) is 4.74 Å². The quantitative estimate of drug-likeness (QED) is 0.513. The van der Waals surface area contributed by atoms with Crippen LogP contribution in [0.5, 0.6) is 0 Å². The highest BCUT2D eigenvalue weighted by molar-refractivity contribution is 9.10. The first kappa shape index (κ1) is 21.3. The summed E-state index contributed by atoms with van der Waals surface area (Å²) in [6, 6.07) is 14.0. The van der Waals surface area contributed by atoms with Gasteiger partial charge in [0.1, 0.15) is 0 Å². The molecule has 0 atom stereocenters. The van der Waals surface area contributed by atoms with E-state index in [0.29, 0.717) is 43.4 Å². The summed E-state index contributed by atoms with van der Waals surface area (Å²) in [5.41, 5.74) is 0.580. The molecule has 0 saturated carbocycles. The van der Waals surface area contributed by atoms with E-state index >= 15 is 0 Å². The number of nitrogens with zero attached hydrogens (tertiary/aromatic N) is 2. The van der Waals surface area contributed by atoms with Crippen molar-refractivity contribution in [3.63, 3.8) is 0 Å². The third kappa shape index (κ3) is 4.12. The maximum absolute atomic E-state index is 13.2. The summed E-state index contributed by atoms with van der Waals surface area (Å²) >= 11 is 4.76. The predicted molar refractivity (Wildman–Crippen MR) is 123 cm³/mol. The second kappa shape index (κ2) is 8.66. The Morgan fingerprint density at radius 1 is 1.13 bits per heavy atom.